The van der Waals surface area contributed by atoms with Gasteiger partial charge in [-0.1, -0.05) is 0 Å². The van der Waals surface area contributed by atoms with Crippen molar-refractivity contribution in [3.05, 3.63) is 33.9 Å². The lowest BCUT2D eigenvalue weighted by molar-refractivity contribution is -0.388. The highest BCUT2D eigenvalue weighted by molar-refractivity contribution is 5.97. The van der Waals surface area contributed by atoms with Crippen molar-refractivity contribution in [2.75, 3.05) is 11.9 Å². The Kier molecular flexibility index (Phi) is 6.05. The predicted molar refractivity (Wildman–Crippen MR) is 76.4 cm³/mol. The molecule has 0 bridgehead atoms. The second-order valence-electron chi connectivity index (χ2n) is 5.40. The Bertz CT molecular complexity index is 760. The van der Waals surface area contributed by atoms with Crippen molar-refractivity contribution < 1.29 is 46.0 Å². The van der Waals surface area contributed by atoms with Gasteiger partial charge >= 0.3 is 18.3 Å². The highest BCUT2D eigenvalue weighted by atomic mass is 19.4. The molecule has 1 aromatic rings. The standard InChI is InChI=1S/C13H11F6N3O5/c1-11(25,5-20-10(24)13(17,18)19)9(23)21-6-2-3-8(22(26)27)7(4-6)12(14,15)16/h2-4,25H,5H2,1H3,(H,20,24)(H,21,23). The summed E-state index contributed by atoms with van der Waals surface area (Å²) in [5.41, 5.74) is -6.21. The molecule has 8 nitrogen and oxygen atoms in total. The van der Waals surface area contributed by atoms with Crippen molar-refractivity contribution in [1.29, 1.82) is 0 Å². The number of hydrogen-bond acceptors (Lipinski definition) is 5. The molecular weight excluding hydrogens is 392 g/mol. The number of nitro benzene ring substituents is 1. The molecule has 1 atom stereocenters. The molecule has 1 rings (SSSR count). The molecule has 27 heavy (non-hydrogen) atoms. The van der Waals surface area contributed by atoms with Crippen LogP contribution < -0.4 is 10.6 Å². The van der Waals surface area contributed by atoms with Crippen LogP contribution in [0.5, 0.6) is 0 Å². The van der Waals surface area contributed by atoms with E-state index in [0.29, 0.717) is 13.0 Å². The molecule has 2 amide bonds. The fourth-order valence-electron chi connectivity index (χ4n) is 1.70. The van der Waals surface area contributed by atoms with E-state index in [4.69, 9.17) is 0 Å². The van der Waals surface area contributed by atoms with Crippen molar-refractivity contribution in [3.8, 4) is 0 Å². The van der Waals surface area contributed by atoms with Crippen molar-refractivity contribution in [2.24, 2.45) is 0 Å². The van der Waals surface area contributed by atoms with Crippen LogP contribution in [0, 0.1) is 10.1 Å². The van der Waals surface area contributed by atoms with E-state index < -0.39 is 58.2 Å². The number of carbonyl (C=O) groups excluding carboxylic acids is 2. The maximum absolute atomic E-state index is 12.9. The molecule has 0 fully saturated rings. The van der Waals surface area contributed by atoms with Gasteiger partial charge in [-0.3, -0.25) is 19.7 Å². The lowest BCUT2D eigenvalue weighted by Crippen LogP contribution is -2.51. The Labute approximate surface area is 146 Å². The van der Waals surface area contributed by atoms with Crippen LogP contribution >= 0.6 is 0 Å². The number of nitrogens with zero attached hydrogens (tertiary/aromatic N) is 1. The first kappa shape index (κ1) is 22.1. The normalized spacial score (nSPS) is 14.2. The molecule has 0 saturated carbocycles. The fraction of sp³-hybridized carbons (Fsp3) is 0.385. The topological polar surface area (TPSA) is 122 Å². The molecule has 3 N–H and O–H groups in total. The van der Waals surface area contributed by atoms with Crippen molar-refractivity contribution in [2.45, 2.75) is 24.9 Å². The maximum atomic E-state index is 12.9. The highest BCUT2D eigenvalue weighted by Gasteiger charge is 2.41. The number of anilines is 1. The number of amides is 2. The van der Waals surface area contributed by atoms with E-state index in [9.17, 15) is 51.2 Å². The quantitative estimate of drug-likeness (QED) is 0.394. The number of halogens is 6. The van der Waals surface area contributed by atoms with Gasteiger partial charge in [-0.15, -0.1) is 0 Å². The van der Waals surface area contributed by atoms with E-state index in [1.165, 1.54) is 5.32 Å². The second-order valence-corrected chi connectivity index (χ2v) is 5.40. The summed E-state index contributed by atoms with van der Waals surface area (Å²) >= 11 is 0. The molecule has 1 aromatic carbocycles. The average molecular weight is 403 g/mol. The van der Waals surface area contributed by atoms with Gasteiger partial charge in [0.15, 0.2) is 5.60 Å². The van der Waals surface area contributed by atoms with Crippen molar-refractivity contribution >= 4 is 23.2 Å². The van der Waals surface area contributed by atoms with Gasteiger partial charge in [0.05, 0.1) is 11.5 Å². The molecule has 0 aromatic heterocycles. The summed E-state index contributed by atoms with van der Waals surface area (Å²) in [5.74, 6) is -3.89. The first-order chi connectivity index (χ1) is 12.1. The minimum atomic E-state index is -5.27. The molecule has 150 valence electrons. The Balaban J connectivity index is 2.98. The van der Waals surface area contributed by atoms with Crippen molar-refractivity contribution in [1.82, 2.24) is 5.32 Å². The largest absolute Gasteiger partial charge is 0.471 e. The molecule has 0 saturated heterocycles. The van der Waals surface area contributed by atoms with E-state index in [2.05, 4.69) is 0 Å². The molecule has 0 heterocycles. The van der Waals surface area contributed by atoms with Gasteiger partial charge < -0.3 is 15.7 Å². The lowest BCUT2D eigenvalue weighted by Gasteiger charge is -2.23. The minimum absolute atomic E-state index is 0.223. The predicted octanol–water partition coefficient (Wildman–Crippen LogP) is 1.98. The number of aliphatic hydroxyl groups is 1. The minimum Gasteiger partial charge on any atom is -0.378 e. The lowest BCUT2D eigenvalue weighted by atomic mass is 10.1. The smallest absolute Gasteiger partial charge is 0.378 e. The zero-order valence-electron chi connectivity index (χ0n) is 13.2. The van der Waals surface area contributed by atoms with Crippen LogP contribution in [0.1, 0.15) is 12.5 Å². The number of nitro groups is 1. The molecule has 14 heteroatoms. The van der Waals surface area contributed by atoms with Crippen LogP contribution in [0.2, 0.25) is 0 Å². The summed E-state index contributed by atoms with van der Waals surface area (Å²) in [6.07, 6.45) is -10.4. The molecule has 0 radical (unpaired) electrons. The monoisotopic (exact) mass is 403 g/mol. The third kappa shape index (κ3) is 5.80. The molecule has 1 unspecified atom stereocenters. The first-order valence-electron chi connectivity index (χ1n) is 6.80. The van der Waals surface area contributed by atoms with Gasteiger partial charge in [0.2, 0.25) is 0 Å². The molecule has 0 spiro atoms. The summed E-state index contributed by atoms with van der Waals surface area (Å²) in [7, 11) is 0. The van der Waals surface area contributed by atoms with Gasteiger partial charge in [-0.2, -0.15) is 26.3 Å². The number of carbonyl (C=O) groups is 2. The number of nitrogens with one attached hydrogen (secondary N) is 2. The fourth-order valence-corrected chi connectivity index (χ4v) is 1.70. The van der Waals surface area contributed by atoms with E-state index in [-0.39, 0.29) is 6.07 Å². The molecular formula is C13H11F6N3O5. The molecule has 0 aliphatic rings. The van der Waals surface area contributed by atoms with Crippen molar-refractivity contribution in [3.63, 3.8) is 0 Å². The number of alkyl halides is 6. The zero-order chi connectivity index (χ0) is 21.2. The van der Waals surface area contributed by atoms with Crippen LogP contribution in [0.15, 0.2) is 18.2 Å². The number of rotatable bonds is 5. The van der Waals surface area contributed by atoms with E-state index in [1.54, 1.807) is 5.32 Å². The molecule has 0 aliphatic heterocycles. The number of hydrogen-bond donors (Lipinski definition) is 3. The van der Waals surface area contributed by atoms with Gasteiger partial charge in [0.25, 0.3) is 11.6 Å². The maximum Gasteiger partial charge on any atom is 0.471 e. The van der Waals surface area contributed by atoms with Crippen LogP contribution in [0.4, 0.5) is 37.7 Å². The van der Waals surface area contributed by atoms with Crippen LogP contribution in [-0.4, -0.2) is 40.2 Å². The van der Waals surface area contributed by atoms with Crippen LogP contribution in [0.25, 0.3) is 0 Å². The third-order valence-corrected chi connectivity index (χ3v) is 3.10. The Morgan fingerprint density at radius 3 is 2.15 bits per heavy atom. The van der Waals surface area contributed by atoms with E-state index in [0.717, 1.165) is 6.07 Å². The Morgan fingerprint density at radius 1 is 1.15 bits per heavy atom. The average Bonchev–Trinajstić information content (AvgIpc) is 2.50. The van der Waals surface area contributed by atoms with E-state index >= 15 is 0 Å². The third-order valence-electron chi connectivity index (χ3n) is 3.10. The van der Waals surface area contributed by atoms with Gasteiger partial charge in [0, 0.05) is 11.8 Å². The first-order valence-corrected chi connectivity index (χ1v) is 6.80. The van der Waals surface area contributed by atoms with Crippen LogP contribution in [-0.2, 0) is 15.8 Å². The SMILES string of the molecule is CC(O)(CNC(=O)C(F)(F)F)C(=O)Nc1ccc([N+](=O)[O-])c(C(F)(F)F)c1. The highest BCUT2D eigenvalue weighted by Crippen LogP contribution is 2.37. The van der Waals surface area contributed by atoms with Gasteiger partial charge in [-0.05, 0) is 19.1 Å². The zero-order valence-corrected chi connectivity index (χ0v) is 13.2. The summed E-state index contributed by atoms with van der Waals surface area (Å²) in [6.45, 7) is -0.495. The Hall–Kier alpha value is -2.90. The second kappa shape index (κ2) is 7.38. The molecule has 0 aliphatic carbocycles. The summed E-state index contributed by atoms with van der Waals surface area (Å²) < 4.78 is 74.8. The summed E-state index contributed by atoms with van der Waals surface area (Å²) in [6, 6.07) is 1.41. The Morgan fingerprint density at radius 2 is 1.70 bits per heavy atom. The summed E-state index contributed by atoms with van der Waals surface area (Å²) in [4.78, 5) is 31.9. The van der Waals surface area contributed by atoms with Gasteiger partial charge in [0.1, 0.15) is 5.56 Å². The van der Waals surface area contributed by atoms with Crippen LogP contribution in [0.3, 0.4) is 0 Å². The summed E-state index contributed by atoms with van der Waals surface area (Å²) in [5, 5.41) is 23.5. The van der Waals surface area contributed by atoms with Gasteiger partial charge in [-0.25, -0.2) is 0 Å². The number of benzene rings is 1. The van der Waals surface area contributed by atoms with E-state index in [1.807, 2.05) is 0 Å².